The second-order valence-corrected chi connectivity index (χ2v) is 3.82. The SMILES string of the molecule is CC[C@H](c1ccccc1)c1noc(CCl)n1. The smallest absolute Gasteiger partial charge is 0.241 e. The summed E-state index contributed by atoms with van der Waals surface area (Å²) in [5, 5.41) is 3.96. The number of rotatable bonds is 4. The summed E-state index contributed by atoms with van der Waals surface area (Å²) >= 11 is 5.64. The van der Waals surface area contributed by atoms with Crippen LogP contribution >= 0.6 is 11.6 Å². The first-order valence-electron chi connectivity index (χ1n) is 5.28. The fourth-order valence-corrected chi connectivity index (χ4v) is 1.83. The van der Waals surface area contributed by atoms with Crippen molar-refractivity contribution in [3.63, 3.8) is 0 Å². The highest BCUT2D eigenvalue weighted by atomic mass is 35.5. The molecule has 0 spiro atoms. The third kappa shape index (κ3) is 2.25. The second-order valence-electron chi connectivity index (χ2n) is 3.55. The van der Waals surface area contributed by atoms with Gasteiger partial charge in [0.2, 0.25) is 5.89 Å². The second kappa shape index (κ2) is 5.12. The first-order valence-corrected chi connectivity index (χ1v) is 5.82. The highest BCUT2D eigenvalue weighted by Crippen LogP contribution is 2.25. The summed E-state index contributed by atoms with van der Waals surface area (Å²) in [7, 11) is 0. The standard InChI is InChI=1S/C12H13ClN2O/c1-2-10(9-6-4-3-5-7-9)12-14-11(8-13)16-15-12/h3-7,10H,2,8H2,1H3/t10-/m1/s1. The van der Waals surface area contributed by atoms with Gasteiger partial charge in [0.25, 0.3) is 0 Å². The van der Waals surface area contributed by atoms with Gasteiger partial charge >= 0.3 is 0 Å². The molecule has 16 heavy (non-hydrogen) atoms. The van der Waals surface area contributed by atoms with Crippen LogP contribution in [-0.4, -0.2) is 10.1 Å². The highest BCUT2D eigenvalue weighted by Gasteiger charge is 2.17. The average molecular weight is 237 g/mol. The van der Waals surface area contributed by atoms with Crippen LogP contribution in [0.4, 0.5) is 0 Å². The fraction of sp³-hybridized carbons (Fsp3) is 0.333. The highest BCUT2D eigenvalue weighted by molar-refractivity contribution is 6.16. The molecular formula is C12H13ClN2O. The van der Waals surface area contributed by atoms with E-state index in [-0.39, 0.29) is 11.8 Å². The molecule has 0 aliphatic carbocycles. The molecule has 84 valence electrons. The molecule has 0 unspecified atom stereocenters. The lowest BCUT2D eigenvalue weighted by Gasteiger charge is -2.09. The Labute approximate surface area is 99.4 Å². The van der Waals surface area contributed by atoms with E-state index in [1.807, 2.05) is 18.2 Å². The summed E-state index contributed by atoms with van der Waals surface area (Å²) in [5.74, 6) is 1.63. The van der Waals surface area contributed by atoms with Gasteiger partial charge < -0.3 is 4.52 Å². The number of hydrogen-bond acceptors (Lipinski definition) is 3. The molecule has 3 nitrogen and oxygen atoms in total. The lowest BCUT2D eigenvalue weighted by Crippen LogP contribution is -2.01. The van der Waals surface area contributed by atoms with Crippen molar-refractivity contribution >= 4 is 11.6 Å². The molecule has 1 aromatic heterocycles. The first kappa shape index (κ1) is 11.1. The maximum atomic E-state index is 5.64. The van der Waals surface area contributed by atoms with E-state index in [9.17, 15) is 0 Å². The summed E-state index contributed by atoms with van der Waals surface area (Å²) in [6, 6.07) is 10.2. The van der Waals surface area contributed by atoms with Crippen molar-refractivity contribution in [3.8, 4) is 0 Å². The monoisotopic (exact) mass is 236 g/mol. The van der Waals surface area contributed by atoms with Crippen LogP contribution in [0.1, 0.15) is 36.5 Å². The molecule has 1 heterocycles. The van der Waals surface area contributed by atoms with Crippen LogP contribution in [-0.2, 0) is 5.88 Å². The van der Waals surface area contributed by atoms with Gasteiger partial charge in [-0.15, -0.1) is 11.6 Å². The Bertz CT molecular complexity index is 441. The van der Waals surface area contributed by atoms with E-state index in [1.165, 1.54) is 5.56 Å². The fourth-order valence-electron chi connectivity index (χ4n) is 1.72. The van der Waals surface area contributed by atoms with Crippen LogP contribution in [0.2, 0.25) is 0 Å². The van der Waals surface area contributed by atoms with Gasteiger partial charge in [-0.2, -0.15) is 4.98 Å². The topological polar surface area (TPSA) is 38.9 Å². The summed E-state index contributed by atoms with van der Waals surface area (Å²) in [6.45, 7) is 2.11. The van der Waals surface area contributed by atoms with Crippen LogP contribution in [0.3, 0.4) is 0 Å². The molecule has 0 saturated carbocycles. The summed E-state index contributed by atoms with van der Waals surface area (Å²) in [4.78, 5) is 4.27. The minimum absolute atomic E-state index is 0.182. The van der Waals surface area contributed by atoms with Crippen molar-refractivity contribution in [2.24, 2.45) is 0 Å². The summed E-state index contributed by atoms with van der Waals surface area (Å²) in [6.07, 6.45) is 0.936. The van der Waals surface area contributed by atoms with E-state index in [1.54, 1.807) is 0 Å². The summed E-state index contributed by atoms with van der Waals surface area (Å²) in [5.41, 5.74) is 1.20. The van der Waals surface area contributed by atoms with E-state index >= 15 is 0 Å². The number of aromatic nitrogens is 2. The molecule has 0 radical (unpaired) electrons. The van der Waals surface area contributed by atoms with Crippen LogP contribution < -0.4 is 0 Å². The molecule has 2 aromatic rings. The normalized spacial score (nSPS) is 12.6. The average Bonchev–Trinajstić information content (AvgIpc) is 2.80. The quantitative estimate of drug-likeness (QED) is 0.765. The lowest BCUT2D eigenvalue weighted by atomic mass is 9.96. The first-order chi connectivity index (χ1) is 7.85. The number of hydrogen-bond donors (Lipinski definition) is 0. The minimum atomic E-state index is 0.182. The van der Waals surface area contributed by atoms with Crippen LogP contribution in [0.15, 0.2) is 34.9 Å². The van der Waals surface area contributed by atoms with E-state index in [4.69, 9.17) is 16.1 Å². The minimum Gasteiger partial charge on any atom is -0.338 e. The van der Waals surface area contributed by atoms with Crippen molar-refractivity contribution in [2.45, 2.75) is 25.1 Å². The Morgan fingerprint density at radius 1 is 1.31 bits per heavy atom. The zero-order chi connectivity index (χ0) is 11.4. The zero-order valence-electron chi connectivity index (χ0n) is 9.06. The third-order valence-corrected chi connectivity index (χ3v) is 2.75. The van der Waals surface area contributed by atoms with Gasteiger partial charge in [-0.1, -0.05) is 42.4 Å². The van der Waals surface area contributed by atoms with Gasteiger partial charge in [0, 0.05) is 5.92 Å². The molecule has 0 aliphatic heterocycles. The molecule has 0 amide bonds. The lowest BCUT2D eigenvalue weighted by molar-refractivity contribution is 0.381. The maximum absolute atomic E-state index is 5.64. The van der Waals surface area contributed by atoms with Crippen molar-refractivity contribution in [1.29, 1.82) is 0 Å². The number of nitrogens with zero attached hydrogens (tertiary/aromatic N) is 2. The third-order valence-electron chi connectivity index (χ3n) is 2.52. The van der Waals surface area contributed by atoms with Gasteiger partial charge in [-0.05, 0) is 12.0 Å². The van der Waals surface area contributed by atoms with Crippen LogP contribution in [0, 0.1) is 0 Å². The molecule has 0 bridgehead atoms. The van der Waals surface area contributed by atoms with Crippen LogP contribution in [0.5, 0.6) is 0 Å². The molecular weight excluding hydrogens is 224 g/mol. The molecule has 0 fully saturated rings. The van der Waals surface area contributed by atoms with Crippen molar-refractivity contribution in [2.75, 3.05) is 0 Å². The number of benzene rings is 1. The predicted molar refractivity (Wildman–Crippen MR) is 62.4 cm³/mol. The molecule has 0 saturated heterocycles. The molecule has 1 aromatic carbocycles. The zero-order valence-corrected chi connectivity index (χ0v) is 9.81. The molecule has 4 heteroatoms. The maximum Gasteiger partial charge on any atom is 0.241 e. The Kier molecular flexibility index (Phi) is 3.57. The van der Waals surface area contributed by atoms with E-state index in [0.29, 0.717) is 11.7 Å². The van der Waals surface area contributed by atoms with Crippen LogP contribution in [0.25, 0.3) is 0 Å². The van der Waals surface area contributed by atoms with E-state index in [0.717, 1.165) is 6.42 Å². The van der Waals surface area contributed by atoms with E-state index in [2.05, 4.69) is 29.2 Å². The summed E-state index contributed by atoms with van der Waals surface area (Å²) < 4.78 is 5.03. The molecule has 0 N–H and O–H groups in total. The Balaban J connectivity index is 2.29. The van der Waals surface area contributed by atoms with E-state index < -0.39 is 0 Å². The van der Waals surface area contributed by atoms with Gasteiger partial charge in [-0.3, -0.25) is 0 Å². The van der Waals surface area contributed by atoms with Gasteiger partial charge in [0.15, 0.2) is 5.82 Å². The largest absolute Gasteiger partial charge is 0.338 e. The van der Waals surface area contributed by atoms with Crippen molar-refractivity contribution in [3.05, 3.63) is 47.6 Å². The Morgan fingerprint density at radius 2 is 2.06 bits per heavy atom. The molecule has 1 atom stereocenters. The number of halogens is 1. The predicted octanol–water partition coefficient (Wildman–Crippen LogP) is 3.35. The Hall–Kier alpha value is -1.35. The molecule has 2 rings (SSSR count). The van der Waals surface area contributed by atoms with Crippen molar-refractivity contribution in [1.82, 2.24) is 10.1 Å². The Morgan fingerprint density at radius 3 is 2.62 bits per heavy atom. The van der Waals surface area contributed by atoms with Gasteiger partial charge in [0.1, 0.15) is 5.88 Å². The van der Waals surface area contributed by atoms with Crippen molar-refractivity contribution < 1.29 is 4.52 Å². The number of alkyl halides is 1. The molecule has 0 aliphatic rings. The van der Waals surface area contributed by atoms with Gasteiger partial charge in [0.05, 0.1) is 0 Å². The van der Waals surface area contributed by atoms with Gasteiger partial charge in [-0.25, -0.2) is 0 Å².